The molecule has 0 spiro atoms. The average Bonchev–Trinajstić information content (AvgIpc) is 3.04. The van der Waals surface area contributed by atoms with Crippen molar-refractivity contribution in [2.24, 2.45) is 0 Å². The Kier molecular flexibility index (Phi) is 4.47. The molecule has 0 aliphatic heterocycles. The molecule has 1 amide bonds. The normalized spacial score (nSPS) is 12.2. The van der Waals surface area contributed by atoms with Crippen molar-refractivity contribution in [2.45, 2.75) is 25.9 Å². The third kappa shape index (κ3) is 3.45. The molecule has 0 aliphatic carbocycles. The molecule has 3 aromatic rings. The standard InChI is InChI=1S/C16H16N4O2S/c1-11(13-4-2-3-7-17-13)19-14(21)5-8-20-10-18-15-12(16(20)22)6-9-23-15/h2-4,6-7,9-11H,5,8H2,1H3,(H,19,21). The van der Waals surface area contributed by atoms with E-state index in [2.05, 4.69) is 15.3 Å². The molecule has 0 saturated heterocycles. The topological polar surface area (TPSA) is 76.9 Å². The summed E-state index contributed by atoms with van der Waals surface area (Å²) in [6, 6.07) is 7.17. The molecule has 1 unspecified atom stereocenters. The average molecular weight is 328 g/mol. The summed E-state index contributed by atoms with van der Waals surface area (Å²) < 4.78 is 1.47. The molecule has 1 atom stereocenters. The zero-order chi connectivity index (χ0) is 16.2. The molecule has 0 aliphatic rings. The number of carbonyl (C=O) groups excluding carboxylic acids is 1. The van der Waals surface area contributed by atoms with Crippen molar-refractivity contribution in [3.8, 4) is 0 Å². The molecule has 0 aromatic carbocycles. The van der Waals surface area contributed by atoms with Gasteiger partial charge < -0.3 is 5.32 Å². The smallest absolute Gasteiger partial charge is 0.262 e. The number of pyridine rings is 1. The van der Waals surface area contributed by atoms with E-state index in [4.69, 9.17) is 0 Å². The van der Waals surface area contributed by atoms with Crippen LogP contribution in [0.2, 0.25) is 0 Å². The molecule has 3 aromatic heterocycles. The summed E-state index contributed by atoms with van der Waals surface area (Å²) in [4.78, 5) is 33.4. The largest absolute Gasteiger partial charge is 0.348 e. The molecule has 118 valence electrons. The number of thiophene rings is 1. The molecular weight excluding hydrogens is 312 g/mol. The van der Waals surface area contributed by atoms with E-state index in [1.807, 2.05) is 30.5 Å². The van der Waals surface area contributed by atoms with Gasteiger partial charge in [0.25, 0.3) is 5.56 Å². The Morgan fingerprint density at radius 1 is 1.35 bits per heavy atom. The van der Waals surface area contributed by atoms with Crippen LogP contribution in [0.25, 0.3) is 10.2 Å². The number of carbonyl (C=O) groups is 1. The molecule has 7 heteroatoms. The maximum absolute atomic E-state index is 12.2. The van der Waals surface area contributed by atoms with Crippen LogP contribution in [0, 0.1) is 0 Å². The predicted molar refractivity (Wildman–Crippen MR) is 89.3 cm³/mol. The number of aryl methyl sites for hydroxylation is 1. The van der Waals surface area contributed by atoms with Gasteiger partial charge in [-0.15, -0.1) is 11.3 Å². The van der Waals surface area contributed by atoms with Gasteiger partial charge in [-0.2, -0.15) is 0 Å². The first-order chi connectivity index (χ1) is 11.1. The number of fused-ring (bicyclic) bond motifs is 1. The summed E-state index contributed by atoms with van der Waals surface area (Å²) in [5, 5.41) is 5.32. The first kappa shape index (κ1) is 15.4. The molecule has 1 N–H and O–H groups in total. The number of hydrogen-bond donors (Lipinski definition) is 1. The number of hydrogen-bond acceptors (Lipinski definition) is 5. The van der Waals surface area contributed by atoms with E-state index in [0.717, 1.165) is 10.5 Å². The summed E-state index contributed by atoms with van der Waals surface area (Å²) in [5.41, 5.74) is 0.696. The van der Waals surface area contributed by atoms with E-state index in [1.165, 1.54) is 22.2 Å². The Morgan fingerprint density at radius 2 is 2.22 bits per heavy atom. The quantitative estimate of drug-likeness (QED) is 0.778. The van der Waals surface area contributed by atoms with Gasteiger partial charge in [-0.25, -0.2) is 4.98 Å². The second-order valence-corrected chi connectivity index (χ2v) is 6.07. The lowest BCUT2D eigenvalue weighted by molar-refractivity contribution is -0.122. The summed E-state index contributed by atoms with van der Waals surface area (Å²) in [6.07, 6.45) is 3.41. The SMILES string of the molecule is CC(NC(=O)CCn1cnc2sccc2c1=O)c1ccccn1. The van der Waals surface area contributed by atoms with Gasteiger partial charge in [-0.3, -0.25) is 19.1 Å². The number of nitrogens with zero attached hydrogens (tertiary/aromatic N) is 3. The highest BCUT2D eigenvalue weighted by Crippen LogP contribution is 2.13. The second kappa shape index (κ2) is 6.70. The minimum Gasteiger partial charge on any atom is -0.348 e. The van der Waals surface area contributed by atoms with Gasteiger partial charge in [-0.05, 0) is 30.5 Å². The fourth-order valence-electron chi connectivity index (χ4n) is 2.29. The highest BCUT2D eigenvalue weighted by Gasteiger charge is 2.11. The van der Waals surface area contributed by atoms with E-state index in [-0.39, 0.29) is 23.9 Å². The fourth-order valence-corrected chi connectivity index (χ4v) is 3.02. The zero-order valence-electron chi connectivity index (χ0n) is 12.6. The van der Waals surface area contributed by atoms with Crippen LogP contribution in [0.4, 0.5) is 0 Å². The highest BCUT2D eigenvalue weighted by molar-refractivity contribution is 7.16. The molecule has 0 bridgehead atoms. The van der Waals surface area contributed by atoms with Crippen molar-refractivity contribution in [3.05, 3.63) is 58.2 Å². The van der Waals surface area contributed by atoms with Crippen molar-refractivity contribution in [1.29, 1.82) is 0 Å². The van der Waals surface area contributed by atoms with Crippen molar-refractivity contribution in [1.82, 2.24) is 19.9 Å². The molecule has 23 heavy (non-hydrogen) atoms. The molecule has 0 fully saturated rings. The van der Waals surface area contributed by atoms with Gasteiger partial charge in [0.1, 0.15) is 4.83 Å². The molecule has 3 rings (SSSR count). The minimum absolute atomic E-state index is 0.109. The Labute approximate surface area is 136 Å². The van der Waals surface area contributed by atoms with E-state index in [9.17, 15) is 9.59 Å². The Morgan fingerprint density at radius 3 is 3.00 bits per heavy atom. The lowest BCUT2D eigenvalue weighted by Gasteiger charge is -2.13. The Bertz CT molecular complexity index is 872. The third-order valence-corrected chi connectivity index (χ3v) is 4.36. The van der Waals surface area contributed by atoms with E-state index in [0.29, 0.717) is 11.9 Å². The monoisotopic (exact) mass is 328 g/mol. The summed E-state index contributed by atoms with van der Waals surface area (Å²) in [5.74, 6) is -0.125. The highest BCUT2D eigenvalue weighted by atomic mass is 32.1. The van der Waals surface area contributed by atoms with E-state index < -0.39 is 0 Å². The van der Waals surface area contributed by atoms with Crippen molar-refractivity contribution in [3.63, 3.8) is 0 Å². The Balaban J connectivity index is 1.62. The maximum Gasteiger partial charge on any atom is 0.262 e. The molecular formula is C16H16N4O2S. The zero-order valence-corrected chi connectivity index (χ0v) is 13.4. The molecule has 0 radical (unpaired) electrons. The van der Waals surface area contributed by atoms with E-state index in [1.54, 1.807) is 12.3 Å². The Hall–Kier alpha value is -2.54. The van der Waals surface area contributed by atoms with Gasteiger partial charge in [0, 0.05) is 19.2 Å². The van der Waals surface area contributed by atoms with Gasteiger partial charge in [0.05, 0.1) is 23.4 Å². The van der Waals surface area contributed by atoms with Crippen LogP contribution in [0.1, 0.15) is 25.1 Å². The first-order valence-corrected chi connectivity index (χ1v) is 8.16. The van der Waals surface area contributed by atoms with Crippen LogP contribution in [-0.2, 0) is 11.3 Å². The first-order valence-electron chi connectivity index (χ1n) is 7.28. The van der Waals surface area contributed by atoms with E-state index >= 15 is 0 Å². The fraction of sp³-hybridized carbons (Fsp3) is 0.250. The van der Waals surface area contributed by atoms with Crippen LogP contribution in [0.5, 0.6) is 0 Å². The molecule has 3 heterocycles. The van der Waals surface area contributed by atoms with Crippen LogP contribution in [0.15, 0.2) is 47.0 Å². The number of nitrogens with one attached hydrogen (secondary N) is 1. The number of aromatic nitrogens is 3. The van der Waals surface area contributed by atoms with Crippen LogP contribution in [-0.4, -0.2) is 20.4 Å². The van der Waals surface area contributed by atoms with Gasteiger partial charge in [0.2, 0.25) is 5.91 Å². The van der Waals surface area contributed by atoms with Crippen LogP contribution < -0.4 is 10.9 Å². The van der Waals surface area contributed by atoms with Gasteiger partial charge in [-0.1, -0.05) is 6.07 Å². The predicted octanol–water partition coefficient (Wildman–Crippen LogP) is 2.12. The number of rotatable bonds is 5. The summed E-state index contributed by atoms with van der Waals surface area (Å²) in [7, 11) is 0. The molecule has 6 nitrogen and oxygen atoms in total. The lowest BCUT2D eigenvalue weighted by atomic mass is 10.2. The van der Waals surface area contributed by atoms with Crippen LogP contribution in [0.3, 0.4) is 0 Å². The van der Waals surface area contributed by atoms with Crippen molar-refractivity contribution >= 4 is 27.5 Å². The lowest BCUT2D eigenvalue weighted by Crippen LogP contribution is -2.29. The van der Waals surface area contributed by atoms with Crippen molar-refractivity contribution in [2.75, 3.05) is 0 Å². The second-order valence-electron chi connectivity index (χ2n) is 5.18. The molecule has 0 saturated carbocycles. The van der Waals surface area contributed by atoms with Gasteiger partial charge >= 0.3 is 0 Å². The van der Waals surface area contributed by atoms with Gasteiger partial charge in [0.15, 0.2) is 0 Å². The van der Waals surface area contributed by atoms with Crippen molar-refractivity contribution < 1.29 is 4.79 Å². The maximum atomic E-state index is 12.2. The minimum atomic E-state index is -0.169. The number of amides is 1. The summed E-state index contributed by atoms with van der Waals surface area (Å²) in [6.45, 7) is 2.18. The van der Waals surface area contributed by atoms with Crippen LogP contribution >= 0.6 is 11.3 Å². The third-order valence-electron chi connectivity index (χ3n) is 3.54. The summed E-state index contributed by atoms with van der Waals surface area (Å²) >= 11 is 1.43.